The minimum absolute atomic E-state index is 0.0125. The fraction of sp³-hybridized carbons (Fsp3) is 0.259. The number of rotatable bonds is 6. The molecule has 0 aliphatic heterocycles. The summed E-state index contributed by atoms with van der Waals surface area (Å²) >= 11 is 0. The van der Waals surface area contributed by atoms with Crippen molar-refractivity contribution in [1.82, 2.24) is 9.13 Å². The molecule has 6 nitrogen and oxygen atoms in total. The minimum atomic E-state index is -0.368. The molecule has 2 N–H and O–H groups in total. The summed E-state index contributed by atoms with van der Waals surface area (Å²) in [7, 11) is 1.48. The largest absolute Gasteiger partial charge is 0.504 e. The van der Waals surface area contributed by atoms with Crippen LogP contribution in [-0.2, 0) is 18.5 Å². The Bertz CT molecular complexity index is 1380. The Morgan fingerprint density at radius 3 is 2.18 bits per heavy atom. The molecule has 0 spiro atoms. The molecule has 0 aliphatic carbocycles. The van der Waals surface area contributed by atoms with E-state index < -0.39 is 0 Å². The van der Waals surface area contributed by atoms with Crippen LogP contribution < -0.4 is 10.4 Å². The Labute approximate surface area is 193 Å². The van der Waals surface area contributed by atoms with Gasteiger partial charge in [-0.15, -0.1) is 0 Å². The first-order chi connectivity index (χ1) is 15.7. The zero-order valence-electron chi connectivity index (χ0n) is 19.4. The van der Waals surface area contributed by atoms with Gasteiger partial charge in [0.15, 0.2) is 17.3 Å². The Morgan fingerprint density at radius 2 is 1.58 bits per heavy atom. The number of phenols is 1. The summed E-state index contributed by atoms with van der Waals surface area (Å²) in [6, 6.07) is 21.0. The Kier molecular flexibility index (Phi) is 5.85. The normalized spacial score (nSPS) is 11.6. The number of benzene rings is 3. The van der Waals surface area contributed by atoms with E-state index in [1.165, 1.54) is 7.11 Å². The first kappa shape index (κ1) is 22.4. The molecule has 4 aromatic rings. The van der Waals surface area contributed by atoms with Crippen LogP contribution in [0.2, 0.25) is 0 Å². The lowest BCUT2D eigenvalue weighted by atomic mass is 9.84. The molecule has 1 aromatic heterocycles. The zero-order valence-corrected chi connectivity index (χ0v) is 19.4. The van der Waals surface area contributed by atoms with E-state index in [4.69, 9.17) is 10.1 Å². The first-order valence-corrected chi connectivity index (χ1v) is 10.9. The molecule has 0 saturated carbocycles. The molecule has 0 unspecified atom stereocenters. The number of aromatic hydroxyl groups is 1. The third kappa shape index (κ3) is 4.29. The van der Waals surface area contributed by atoms with E-state index in [9.17, 15) is 9.90 Å². The number of para-hydroxylation sites is 2. The highest BCUT2D eigenvalue weighted by atomic mass is 16.5. The van der Waals surface area contributed by atoms with Gasteiger partial charge in [0.05, 0.1) is 31.2 Å². The number of aromatic nitrogens is 2. The number of methoxy groups -OCH3 is 1. The number of nitrogens with zero attached hydrogens (tertiary/aromatic N) is 2. The van der Waals surface area contributed by atoms with Crippen molar-refractivity contribution in [2.75, 3.05) is 7.11 Å². The van der Waals surface area contributed by atoms with E-state index in [-0.39, 0.29) is 34.9 Å². The summed E-state index contributed by atoms with van der Waals surface area (Å²) in [5.74, 6) is 0.170. The lowest BCUT2D eigenvalue weighted by Crippen LogP contribution is -2.28. The van der Waals surface area contributed by atoms with Crippen LogP contribution in [0, 0.1) is 5.41 Å². The third-order valence-corrected chi connectivity index (χ3v) is 5.88. The minimum Gasteiger partial charge on any atom is -0.504 e. The van der Waals surface area contributed by atoms with Gasteiger partial charge in [-0.05, 0) is 35.2 Å². The van der Waals surface area contributed by atoms with Crippen molar-refractivity contribution >= 4 is 16.8 Å². The number of imidazole rings is 1. The quantitative estimate of drug-likeness (QED) is 0.418. The van der Waals surface area contributed by atoms with Crippen molar-refractivity contribution in [3.05, 3.63) is 89.0 Å². The molecule has 0 fully saturated rings. The van der Waals surface area contributed by atoms with Crippen molar-refractivity contribution in [2.45, 2.75) is 39.3 Å². The monoisotopic (exact) mass is 443 g/mol. The van der Waals surface area contributed by atoms with Gasteiger partial charge in [-0.2, -0.15) is 0 Å². The molecule has 0 radical (unpaired) electrons. The fourth-order valence-electron chi connectivity index (χ4n) is 4.11. The molecule has 4 rings (SSSR count). The maximum atomic E-state index is 13.4. The van der Waals surface area contributed by atoms with Crippen LogP contribution in [0.4, 0.5) is 0 Å². The van der Waals surface area contributed by atoms with Gasteiger partial charge in [-0.25, -0.2) is 0 Å². The Morgan fingerprint density at radius 1 is 0.970 bits per heavy atom. The number of nitrogens with one attached hydrogen (secondary N) is 1. The van der Waals surface area contributed by atoms with E-state index in [0.29, 0.717) is 17.7 Å². The van der Waals surface area contributed by atoms with Gasteiger partial charge < -0.3 is 19.0 Å². The highest BCUT2D eigenvalue weighted by molar-refractivity contribution is 5.97. The van der Waals surface area contributed by atoms with Crippen LogP contribution in [0.15, 0.2) is 66.7 Å². The van der Waals surface area contributed by atoms with E-state index in [2.05, 4.69) is 0 Å². The molecule has 0 aliphatic rings. The van der Waals surface area contributed by atoms with Crippen molar-refractivity contribution in [2.24, 2.45) is 0 Å². The average molecular weight is 444 g/mol. The predicted molar refractivity (Wildman–Crippen MR) is 129 cm³/mol. The van der Waals surface area contributed by atoms with Crippen molar-refractivity contribution in [3.8, 4) is 11.5 Å². The second kappa shape index (κ2) is 8.62. The van der Waals surface area contributed by atoms with Gasteiger partial charge in [0.25, 0.3) is 0 Å². The molecular formula is C27H29N3O3. The maximum Gasteiger partial charge on any atom is 0.203 e. The third-order valence-electron chi connectivity index (χ3n) is 5.88. The number of ketones is 1. The number of hydrogen-bond donors (Lipinski definition) is 2. The molecule has 0 amide bonds. The molecule has 6 heteroatoms. The van der Waals surface area contributed by atoms with Gasteiger partial charge in [0.1, 0.15) is 0 Å². The Balaban J connectivity index is 1.77. The second-order valence-corrected chi connectivity index (χ2v) is 9.22. The lowest BCUT2D eigenvalue weighted by molar-refractivity contribution is 0.0971. The van der Waals surface area contributed by atoms with Crippen LogP contribution in [0.5, 0.6) is 11.5 Å². The SMILES string of the molecule is COc1cc(C(=O)Cn2c(=N)n(Cc3ccccc3)c3ccccc32)cc(C(C)(C)C)c1O. The smallest absolute Gasteiger partial charge is 0.203 e. The molecule has 1 heterocycles. The van der Waals surface area contributed by atoms with E-state index >= 15 is 0 Å². The van der Waals surface area contributed by atoms with E-state index in [0.717, 1.165) is 16.6 Å². The Hall–Kier alpha value is -3.80. The summed E-state index contributed by atoms with van der Waals surface area (Å²) in [6.07, 6.45) is 0. The van der Waals surface area contributed by atoms with Gasteiger partial charge in [0.2, 0.25) is 5.62 Å². The molecule has 3 aromatic carbocycles. The van der Waals surface area contributed by atoms with Crippen molar-refractivity contribution < 1.29 is 14.6 Å². The number of Topliss-reactive ketones (excluding diaryl/α,β-unsaturated/α-hetero) is 1. The van der Waals surface area contributed by atoms with Gasteiger partial charge in [0, 0.05) is 11.1 Å². The van der Waals surface area contributed by atoms with Crippen molar-refractivity contribution in [3.63, 3.8) is 0 Å². The zero-order chi connectivity index (χ0) is 23.8. The highest BCUT2D eigenvalue weighted by Gasteiger charge is 2.24. The number of carbonyl (C=O) groups is 1. The van der Waals surface area contributed by atoms with Crippen LogP contribution in [-0.4, -0.2) is 27.1 Å². The first-order valence-electron chi connectivity index (χ1n) is 10.9. The van der Waals surface area contributed by atoms with Crippen molar-refractivity contribution in [1.29, 1.82) is 5.41 Å². The van der Waals surface area contributed by atoms with Crippen LogP contribution in [0.3, 0.4) is 0 Å². The maximum absolute atomic E-state index is 13.4. The average Bonchev–Trinajstić information content (AvgIpc) is 3.05. The summed E-state index contributed by atoms with van der Waals surface area (Å²) in [6.45, 7) is 6.48. The number of fused-ring (bicyclic) bond motifs is 1. The summed E-state index contributed by atoms with van der Waals surface area (Å²) in [5, 5.41) is 19.4. The molecule has 33 heavy (non-hydrogen) atoms. The van der Waals surface area contributed by atoms with Crippen LogP contribution in [0.1, 0.15) is 42.3 Å². The molecule has 0 bridgehead atoms. The fourth-order valence-corrected chi connectivity index (χ4v) is 4.11. The topological polar surface area (TPSA) is 80.2 Å². The lowest BCUT2D eigenvalue weighted by Gasteiger charge is -2.22. The number of hydrogen-bond acceptors (Lipinski definition) is 4. The van der Waals surface area contributed by atoms with Crippen LogP contribution >= 0.6 is 0 Å². The summed E-state index contributed by atoms with van der Waals surface area (Å²) in [4.78, 5) is 13.4. The second-order valence-electron chi connectivity index (χ2n) is 9.22. The van der Waals surface area contributed by atoms with Gasteiger partial charge >= 0.3 is 0 Å². The summed E-state index contributed by atoms with van der Waals surface area (Å²) < 4.78 is 8.98. The molecule has 0 saturated heterocycles. The van der Waals surface area contributed by atoms with Crippen LogP contribution in [0.25, 0.3) is 11.0 Å². The molecular weight excluding hydrogens is 414 g/mol. The van der Waals surface area contributed by atoms with E-state index in [1.54, 1.807) is 16.7 Å². The number of carbonyl (C=O) groups excluding carboxylic acids is 1. The van der Waals surface area contributed by atoms with Gasteiger partial charge in [-0.1, -0.05) is 63.2 Å². The highest BCUT2D eigenvalue weighted by Crippen LogP contribution is 2.38. The van der Waals surface area contributed by atoms with Gasteiger partial charge in [-0.3, -0.25) is 10.2 Å². The number of ether oxygens (including phenoxy) is 1. The molecule has 0 atom stereocenters. The summed E-state index contributed by atoms with van der Waals surface area (Å²) in [5.41, 5.74) is 3.80. The van der Waals surface area contributed by atoms with E-state index in [1.807, 2.05) is 79.9 Å². The standard InChI is InChI=1S/C27H29N3O3/c1-27(2,3)20-14-19(15-24(33-4)25(20)32)23(31)17-30-22-13-9-8-12-21(22)29(26(30)28)16-18-10-6-5-7-11-18/h5-15,28,32H,16-17H2,1-4H3. The predicted octanol–water partition coefficient (Wildman–Crippen LogP) is 4.87. The molecule has 170 valence electrons. The number of phenolic OH excluding ortho intramolecular Hbond substituents is 1.